The SMILES string of the molecule is CC1(CC(C)(C)OOC(=O)NC=O)CNC1.Cl. The van der Waals surface area contributed by atoms with Crippen molar-refractivity contribution in [2.45, 2.75) is 32.8 Å². The monoisotopic (exact) mass is 266 g/mol. The zero-order valence-electron chi connectivity index (χ0n) is 10.2. The van der Waals surface area contributed by atoms with Gasteiger partial charge in [-0.25, -0.2) is 4.79 Å². The summed E-state index contributed by atoms with van der Waals surface area (Å²) in [6.45, 7) is 7.68. The molecule has 0 saturated carbocycles. The number of hydrogen-bond donors (Lipinski definition) is 2. The van der Waals surface area contributed by atoms with Gasteiger partial charge in [-0.2, -0.15) is 4.89 Å². The van der Waals surface area contributed by atoms with E-state index in [-0.39, 0.29) is 24.2 Å². The van der Waals surface area contributed by atoms with E-state index in [1.807, 2.05) is 19.2 Å². The first-order valence-corrected chi connectivity index (χ1v) is 5.17. The third kappa shape index (κ3) is 5.34. The van der Waals surface area contributed by atoms with Crippen molar-refractivity contribution in [3.63, 3.8) is 0 Å². The number of imide groups is 1. The summed E-state index contributed by atoms with van der Waals surface area (Å²) in [5.74, 6) is 0. The quantitative estimate of drug-likeness (QED) is 0.441. The smallest absolute Gasteiger partial charge is 0.316 e. The van der Waals surface area contributed by atoms with Crippen LogP contribution < -0.4 is 10.6 Å². The van der Waals surface area contributed by atoms with Gasteiger partial charge in [-0.05, 0) is 25.7 Å². The highest BCUT2D eigenvalue weighted by molar-refractivity contribution is 5.85. The Morgan fingerprint density at radius 2 is 2.12 bits per heavy atom. The Morgan fingerprint density at radius 3 is 2.53 bits per heavy atom. The van der Waals surface area contributed by atoms with E-state index in [2.05, 4.69) is 17.1 Å². The molecule has 0 unspecified atom stereocenters. The lowest BCUT2D eigenvalue weighted by atomic mass is 9.75. The predicted molar refractivity (Wildman–Crippen MR) is 63.7 cm³/mol. The highest BCUT2D eigenvalue weighted by Gasteiger charge is 2.39. The number of rotatable bonds is 5. The minimum absolute atomic E-state index is 0. The number of nitrogens with one attached hydrogen (secondary N) is 2. The zero-order valence-corrected chi connectivity index (χ0v) is 11.1. The van der Waals surface area contributed by atoms with Crippen molar-refractivity contribution in [1.82, 2.24) is 10.6 Å². The molecule has 0 aromatic rings. The average Bonchev–Trinajstić information content (AvgIpc) is 2.13. The van der Waals surface area contributed by atoms with E-state index < -0.39 is 11.7 Å². The van der Waals surface area contributed by atoms with Gasteiger partial charge in [0.15, 0.2) is 0 Å². The second-order valence-corrected chi connectivity index (χ2v) is 5.07. The molecule has 1 rings (SSSR count). The van der Waals surface area contributed by atoms with Crippen molar-refractivity contribution in [3.8, 4) is 0 Å². The van der Waals surface area contributed by atoms with E-state index in [0.29, 0.717) is 0 Å². The van der Waals surface area contributed by atoms with Crippen LogP contribution in [0.1, 0.15) is 27.2 Å². The summed E-state index contributed by atoms with van der Waals surface area (Å²) >= 11 is 0. The first kappa shape index (κ1) is 16.1. The molecule has 2 amide bonds. The molecular formula is C10H19ClN2O4. The van der Waals surface area contributed by atoms with Gasteiger partial charge in [0.1, 0.15) is 5.60 Å². The van der Waals surface area contributed by atoms with Gasteiger partial charge in [-0.3, -0.25) is 15.0 Å². The fraction of sp³-hybridized carbons (Fsp3) is 0.800. The van der Waals surface area contributed by atoms with Gasteiger partial charge in [-0.15, -0.1) is 12.4 Å². The third-order valence-corrected chi connectivity index (χ3v) is 2.48. The predicted octanol–water partition coefficient (Wildman–Crippen LogP) is 1.00. The van der Waals surface area contributed by atoms with Gasteiger partial charge in [-0.1, -0.05) is 6.92 Å². The average molecular weight is 267 g/mol. The highest BCUT2D eigenvalue weighted by atomic mass is 35.5. The molecule has 1 aliphatic rings. The summed E-state index contributed by atoms with van der Waals surface area (Å²) in [4.78, 5) is 30.3. The van der Waals surface area contributed by atoms with Crippen molar-refractivity contribution in [1.29, 1.82) is 0 Å². The minimum atomic E-state index is -0.903. The van der Waals surface area contributed by atoms with Crippen molar-refractivity contribution in [3.05, 3.63) is 0 Å². The molecule has 0 atom stereocenters. The van der Waals surface area contributed by atoms with Crippen molar-refractivity contribution in [2.75, 3.05) is 13.1 Å². The fourth-order valence-electron chi connectivity index (χ4n) is 1.96. The topological polar surface area (TPSA) is 76.7 Å². The normalized spacial score (nSPS) is 17.4. The molecule has 1 fully saturated rings. The Kier molecular flexibility index (Phi) is 5.87. The van der Waals surface area contributed by atoms with Crippen molar-refractivity contribution >= 4 is 24.9 Å². The highest BCUT2D eigenvalue weighted by Crippen LogP contribution is 2.33. The lowest BCUT2D eigenvalue weighted by Crippen LogP contribution is -2.54. The zero-order chi connectivity index (χ0) is 12.2. The molecule has 6 nitrogen and oxygen atoms in total. The summed E-state index contributed by atoms with van der Waals surface area (Å²) in [6, 6.07) is 0. The molecule has 17 heavy (non-hydrogen) atoms. The van der Waals surface area contributed by atoms with E-state index in [1.54, 1.807) is 0 Å². The number of carbonyl (C=O) groups is 2. The summed E-state index contributed by atoms with van der Waals surface area (Å²) < 4.78 is 0. The summed E-state index contributed by atoms with van der Waals surface area (Å²) in [7, 11) is 0. The lowest BCUT2D eigenvalue weighted by molar-refractivity contribution is -0.313. The van der Waals surface area contributed by atoms with Gasteiger partial charge in [0.2, 0.25) is 6.41 Å². The maximum absolute atomic E-state index is 10.8. The van der Waals surface area contributed by atoms with E-state index in [1.165, 1.54) is 0 Å². The van der Waals surface area contributed by atoms with Gasteiger partial charge < -0.3 is 5.32 Å². The number of amides is 2. The van der Waals surface area contributed by atoms with Gasteiger partial charge >= 0.3 is 6.09 Å². The Hall–Kier alpha value is -0.850. The minimum Gasteiger partial charge on any atom is -0.316 e. The standard InChI is InChI=1S/C10H18N2O4.ClH/c1-9(2,4-10(3)5-11-6-10)16-15-8(14)12-7-13;/h7,11H,4-6H2,1-3H3,(H,12,13,14);1H. The third-order valence-electron chi connectivity index (χ3n) is 2.48. The molecule has 0 aromatic heterocycles. The Morgan fingerprint density at radius 1 is 1.53 bits per heavy atom. The Balaban J connectivity index is 0.00000256. The molecular weight excluding hydrogens is 248 g/mol. The summed E-state index contributed by atoms with van der Waals surface area (Å²) in [5.41, 5.74) is -0.398. The van der Waals surface area contributed by atoms with E-state index in [0.717, 1.165) is 19.5 Å². The lowest BCUT2D eigenvalue weighted by Gasteiger charge is -2.43. The van der Waals surface area contributed by atoms with Crippen LogP contribution in [0.25, 0.3) is 0 Å². The molecule has 0 bridgehead atoms. The number of carbonyl (C=O) groups excluding carboxylic acids is 2. The molecule has 1 aliphatic heterocycles. The molecule has 0 spiro atoms. The molecule has 0 aromatic carbocycles. The molecule has 7 heteroatoms. The Labute approximate surface area is 107 Å². The van der Waals surface area contributed by atoms with E-state index in [4.69, 9.17) is 4.89 Å². The van der Waals surface area contributed by atoms with Crippen LogP contribution >= 0.6 is 12.4 Å². The van der Waals surface area contributed by atoms with E-state index >= 15 is 0 Å². The summed E-state index contributed by atoms with van der Waals surface area (Å²) in [5, 5.41) is 5.02. The van der Waals surface area contributed by atoms with Crippen LogP contribution in [0.4, 0.5) is 4.79 Å². The van der Waals surface area contributed by atoms with Crippen LogP contribution in [0, 0.1) is 5.41 Å². The molecule has 100 valence electrons. The summed E-state index contributed by atoms with van der Waals surface area (Å²) in [6.07, 6.45) is 0.108. The molecule has 0 radical (unpaired) electrons. The maximum atomic E-state index is 10.8. The van der Waals surface area contributed by atoms with Gasteiger partial charge in [0.05, 0.1) is 0 Å². The fourth-order valence-corrected chi connectivity index (χ4v) is 1.96. The first-order chi connectivity index (χ1) is 7.37. The van der Waals surface area contributed by atoms with Crippen molar-refractivity contribution in [2.24, 2.45) is 5.41 Å². The van der Waals surface area contributed by atoms with Crippen LogP contribution in [0.5, 0.6) is 0 Å². The van der Waals surface area contributed by atoms with Crippen LogP contribution in [-0.2, 0) is 14.6 Å². The second-order valence-electron chi connectivity index (χ2n) is 5.07. The van der Waals surface area contributed by atoms with Gasteiger partial charge in [0.25, 0.3) is 0 Å². The molecule has 2 N–H and O–H groups in total. The van der Waals surface area contributed by atoms with Crippen LogP contribution in [0.15, 0.2) is 0 Å². The van der Waals surface area contributed by atoms with E-state index in [9.17, 15) is 9.59 Å². The van der Waals surface area contributed by atoms with Gasteiger partial charge in [0, 0.05) is 13.1 Å². The molecule has 1 heterocycles. The van der Waals surface area contributed by atoms with Crippen LogP contribution in [-0.4, -0.2) is 31.2 Å². The first-order valence-electron chi connectivity index (χ1n) is 5.17. The Bertz CT molecular complexity index is 279. The maximum Gasteiger partial charge on any atom is 0.445 e. The number of hydrogen-bond acceptors (Lipinski definition) is 5. The van der Waals surface area contributed by atoms with Crippen LogP contribution in [0.2, 0.25) is 0 Å². The number of halogens is 1. The second kappa shape index (κ2) is 6.18. The van der Waals surface area contributed by atoms with Crippen LogP contribution in [0.3, 0.4) is 0 Å². The molecule has 1 saturated heterocycles. The largest absolute Gasteiger partial charge is 0.445 e. The molecule has 0 aliphatic carbocycles. The van der Waals surface area contributed by atoms with Crippen molar-refractivity contribution < 1.29 is 19.4 Å².